The first-order valence-corrected chi connectivity index (χ1v) is 11.9. The van der Waals surface area contributed by atoms with Gasteiger partial charge in [-0.3, -0.25) is 14.3 Å². The predicted octanol–water partition coefficient (Wildman–Crippen LogP) is 3.73. The van der Waals surface area contributed by atoms with Crippen LogP contribution in [0.1, 0.15) is 12.6 Å². The summed E-state index contributed by atoms with van der Waals surface area (Å²) >= 11 is 1.30. The Morgan fingerprint density at radius 2 is 1.66 bits per heavy atom. The van der Waals surface area contributed by atoms with E-state index < -0.39 is 5.25 Å². The van der Waals surface area contributed by atoms with E-state index in [-0.39, 0.29) is 17.2 Å². The number of amides is 1. The van der Waals surface area contributed by atoms with Crippen molar-refractivity contribution in [1.29, 1.82) is 0 Å². The van der Waals surface area contributed by atoms with Gasteiger partial charge in [-0.05, 0) is 38.1 Å². The molecule has 0 spiro atoms. The minimum absolute atomic E-state index is 0.263. The van der Waals surface area contributed by atoms with Crippen LogP contribution in [0.4, 0.5) is 5.69 Å². The van der Waals surface area contributed by atoms with Crippen LogP contribution in [-0.2, 0) is 11.8 Å². The molecule has 10 heteroatoms. The standard InChI is InChI=1S/C25H23N7O2S/c1-16-21(25(34)32(30(16)3)19-12-8-5-9-13-19)29-23(33)17(2)35-24-20-14-28-31(22(20)26-15-27-24)18-10-6-4-7-11-18/h4-15,17H,1-3H3,(H,29,33)/t17-/m0/s1. The largest absolute Gasteiger partial charge is 0.319 e. The Hall–Kier alpha value is -4.18. The van der Waals surface area contributed by atoms with Crippen molar-refractivity contribution in [2.45, 2.75) is 24.1 Å². The Bertz CT molecular complexity index is 1570. The lowest BCUT2D eigenvalue weighted by atomic mass is 10.3. The van der Waals surface area contributed by atoms with Crippen molar-refractivity contribution in [2.75, 3.05) is 5.32 Å². The van der Waals surface area contributed by atoms with Crippen LogP contribution >= 0.6 is 11.8 Å². The first-order chi connectivity index (χ1) is 17.0. The molecule has 0 aliphatic carbocycles. The zero-order chi connectivity index (χ0) is 24.5. The lowest BCUT2D eigenvalue weighted by Gasteiger charge is -2.11. The molecule has 2 aromatic carbocycles. The molecular weight excluding hydrogens is 462 g/mol. The Balaban J connectivity index is 1.39. The number of para-hydroxylation sites is 2. The van der Waals surface area contributed by atoms with E-state index in [1.807, 2.05) is 60.7 Å². The van der Waals surface area contributed by atoms with Crippen LogP contribution in [0, 0.1) is 6.92 Å². The van der Waals surface area contributed by atoms with Gasteiger partial charge in [-0.2, -0.15) is 5.10 Å². The topological polar surface area (TPSA) is 99.6 Å². The summed E-state index contributed by atoms with van der Waals surface area (Å²) in [6.07, 6.45) is 3.17. The van der Waals surface area contributed by atoms with Gasteiger partial charge in [0, 0.05) is 7.05 Å². The summed E-state index contributed by atoms with van der Waals surface area (Å²) < 4.78 is 5.01. The fourth-order valence-corrected chi connectivity index (χ4v) is 4.71. The maximum atomic E-state index is 13.1. The Morgan fingerprint density at radius 1 is 1.00 bits per heavy atom. The van der Waals surface area contributed by atoms with Gasteiger partial charge in [0.15, 0.2) is 5.65 Å². The Morgan fingerprint density at radius 3 is 2.34 bits per heavy atom. The summed E-state index contributed by atoms with van der Waals surface area (Å²) in [6, 6.07) is 19.0. The molecular formula is C25H23N7O2S. The number of aromatic nitrogens is 6. The molecule has 0 aliphatic rings. The molecule has 0 saturated heterocycles. The monoisotopic (exact) mass is 485 g/mol. The summed E-state index contributed by atoms with van der Waals surface area (Å²) in [5.74, 6) is -0.289. The van der Waals surface area contributed by atoms with E-state index in [9.17, 15) is 9.59 Å². The molecule has 9 nitrogen and oxygen atoms in total. The van der Waals surface area contributed by atoms with Gasteiger partial charge in [0.2, 0.25) is 5.91 Å². The molecule has 176 valence electrons. The van der Waals surface area contributed by atoms with Gasteiger partial charge in [0.25, 0.3) is 5.56 Å². The van der Waals surface area contributed by atoms with Gasteiger partial charge in [-0.15, -0.1) is 0 Å². The Kier molecular flexibility index (Phi) is 5.96. The van der Waals surface area contributed by atoms with Crippen LogP contribution in [0.15, 0.2) is 83.0 Å². The summed E-state index contributed by atoms with van der Waals surface area (Å²) in [5, 5.41) is 8.18. The molecule has 0 unspecified atom stereocenters. The maximum absolute atomic E-state index is 13.1. The first kappa shape index (κ1) is 22.6. The van der Waals surface area contributed by atoms with Crippen molar-refractivity contribution in [1.82, 2.24) is 29.1 Å². The van der Waals surface area contributed by atoms with Gasteiger partial charge in [0.05, 0.1) is 33.9 Å². The molecule has 3 heterocycles. The minimum atomic E-state index is -0.516. The highest BCUT2D eigenvalue weighted by atomic mass is 32.2. The summed E-state index contributed by atoms with van der Waals surface area (Å²) in [4.78, 5) is 35.0. The summed E-state index contributed by atoms with van der Waals surface area (Å²) in [5.41, 5.74) is 2.92. The van der Waals surface area contributed by atoms with E-state index in [0.717, 1.165) is 16.8 Å². The highest BCUT2D eigenvalue weighted by Crippen LogP contribution is 2.29. The van der Waals surface area contributed by atoms with Crippen molar-refractivity contribution in [3.8, 4) is 11.4 Å². The number of benzene rings is 2. The van der Waals surface area contributed by atoms with Crippen LogP contribution in [0.3, 0.4) is 0 Å². The predicted molar refractivity (Wildman–Crippen MR) is 136 cm³/mol. The molecule has 1 atom stereocenters. The first-order valence-electron chi connectivity index (χ1n) is 11.0. The Labute approximate surface area is 205 Å². The van der Waals surface area contributed by atoms with Gasteiger partial charge < -0.3 is 5.32 Å². The molecule has 1 amide bonds. The number of carbonyl (C=O) groups is 1. The van der Waals surface area contributed by atoms with E-state index in [0.29, 0.717) is 16.4 Å². The number of nitrogens with zero attached hydrogens (tertiary/aromatic N) is 6. The number of thioether (sulfide) groups is 1. The average molecular weight is 486 g/mol. The van der Waals surface area contributed by atoms with E-state index in [4.69, 9.17) is 0 Å². The highest BCUT2D eigenvalue weighted by molar-refractivity contribution is 8.00. The van der Waals surface area contributed by atoms with Crippen LogP contribution in [0.2, 0.25) is 0 Å². The molecule has 0 aliphatic heterocycles. The number of rotatable bonds is 6. The second-order valence-corrected chi connectivity index (χ2v) is 9.32. The van der Waals surface area contributed by atoms with Gasteiger partial charge in [0.1, 0.15) is 17.0 Å². The van der Waals surface area contributed by atoms with Gasteiger partial charge in [-0.1, -0.05) is 48.2 Å². The SMILES string of the molecule is Cc1c(NC(=O)[C@H](C)Sc2ncnc3c2cnn3-c2ccccc2)c(=O)n(-c2ccccc2)n1C. The van der Waals surface area contributed by atoms with Crippen LogP contribution in [0.5, 0.6) is 0 Å². The molecule has 35 heavy (non-hydrogen) atoms. The van der Waals surface area contributed by atoms with Crippen LogP contribution < -0.4 is 10.9 Å². The number of fused-ring (bicyclic) bond motifs is 1. The smallest absolute Gasteiger partial charge is 0.295 e. The van der Waals surface area contributed by atoms with E-state index in [2.05, 4.69) is 20.4 Å². The van der Waals surface area contributed by atoms with Crippen LogP contribution in [-0.4, -0.2) is 40.3 Å². The molecule has 0 radical (unpaired) electrons. The van der Waals surface area contributed by atoms with E-state index >= 15 is 0 Å². The van der Waals surface area contributed by atoms with Crippen molar-refractivity contribution < 1.29 is 4.79 Å². The van der Waals surface area contributed by atoms with Crippen molar-refractivity contribution in [3.63, 3.8) is 0 Å². The van der Waals surface area contributed by atoms with Crippen molar-refractivity contribution in [2.24, 2.45) is 7.05 Å². The number of hydrogen-bond donors (Lipinski definition) is 1. The fraction of sp³-hybridized carbons (Fsp3) is 0.160. The molecule has 0 bridgehead atoms. The van der Waals surface area contributed by atoms with Gasteiger partial charge in [-0.25, -0.2) is 19.3 Å². The average Bonchev–Trinajstić information content (AvgIpc) is 3.41. The third kappa shape index (κ3) is 4.12. The third-order valence-electron chi connectivity index (χ3n) is 5.79. The molecule has 5 rings (SSSR count). The number of anilines is 1. The lowest BCUT2D eigenvalue weighted by molar-refractivity contribution is -0.115. The lowest BCUT2D eigenvalue weighted by Crippen LogP contribution is -2.27. The molecule has 0 saturated carbocycles. The van der Waals surface area contributed by atoms with Gasteiger partial charge >= 0.3 is 0 Å². The second-order valence-electron chi connectivity index (χ2n) is 7.99. The highest BCUT2D eigenvalue weighted by Gasteiger charge is 2.23. The van der Waals surface area contributed by atoms with Crippen molar-refractivity contribution in [3.05, 3.63) is 89.2 Å². The third-order valence-corrected chi connectivity index (χ3v) is 6.91. The molecule has 1 N–H and O–H groups in total. The molecule has 0 fully saturated rings. The fourth-order valence-electron chi connectivity index (χ4n) is 3.83. The van der Waals surface area contributed by atoms with E-state index in [1.165, 1.54) is 22.8 Å². The summed E-state index contributed by atoms with van der Waals surface area (Å²) in [6.45, 7) is 3.59. The number of carbonyl (C=O) groups excluding carboxylic acids is 1. The van der Waals surface area contributed by atoms with E-state index in [1.54, 1.807) is 36.5 Å². The quantitative estimate of drug-likeness (QED) is 0.291. The molecule has 5 aromatic rings. The van der Waals surface area contributed by atoms with Crippen LogP contribution in [0.25, 0.3) is 22.4 Å². The zero-order valence-corrected chi connectivity index (χ0v) is 20.2. The number of hydrogen-bond acceptors (Lipinski definition) is 6. The summed E-state index contributed by atoms with van der Waals surface area (Å²) in [7, 11) is 1.79. The second kappa shape index (κ2) is 9.22. The van der Waals surface area contributed by atoms with Crippen molar-refractivity contribution >= 4 is 34.4 Å². The zero-order valence-electron chi connectivity index (χ0n) is 19.4. The number of nitrogens with one attached hydrogen (secondary N) is 1. The molecule has 3 aromatic heterocycles. The minimum Gasteiger partial charge on any atom is -0.319 e. The maximum Gasteiger partial charge on any atom is 0.295 e. The normalized spacial score (nSPS) is 12.1.